The van der Waals surface area contributed by atoms with Crippen LogP contribution in [0, 0.1) is 0 Å². The Morgan fingerprint density at radius 1 is 1.30 bits per heavy atom. The third kappa shape index (κ3) is 4.33. The van der Waals surface area contributed by atoms with Crippen molar-refractivity contribution < 1.29 is 0 Å². The predicted octanol–water partition coefficient (Wildman–Crippen LogP) is 2.12. The smallest absolute Gasteiger partial charge is 0.0227 e. The van der Waals surface area contributed by atoms with Crippen molar-refractivity contribution in [2.45, 2.75) is 32.9 Å². The Bertz CT molecular complexity index is 116. The maximum Gasteiger partial charge on any atom is 0.0227 e. The molecule has 0 saturated heterocycles. The van der Waals surface area contributed by atoms with Crippen molar-refractivity contribution in [3.63, 3.8) is 0 Å². The van der Waals surface area contributed by atoms with E-state index in [1.165, 1.54) is 0 Å². The molecule has 0 amide bonds. The van der Waals surface area contributed by atoms with Crippen LogP contribution in [0.25, 0.3) is 0 Å². The molecule has 58 valence electrons. The molecule has 1 unspecified atom stereocenters. The van der Waals surface area contributed by atoms with Crippen LogP contribution in [-0.4, -0.2) is 12.1 Å². The zero-order valence-corrected chi connectivity index (χ0v) is 7.09. The van der Waals surface area contributed by atoms with Gasteiger partial charge in [0.25, 0.3) is 0 Å². The van der Waals surface area contributed by atoms with E-state index in [1.54, 1.807) is 0 Å². The molecule has 0 spiro atoms. The highest BCUT2D eigenvalue weighted by molar-refractivity contribution is 4.92. The molecular weight excluding hydrogens is 122 g/mol. The molecular formula is C9H17N. The van der Waals surface area contributed by atoms with E-state index in [-0.39, 0.29) is 0 Å². The van der Waals surface area contributed by atoms with Gasteiger partial charge in [0.15, 0.2) is 0 Å². The Balaban J connectivity index is 3.55. The van der Waals surface area contributed by atoms with Crippen LogP contribution in [-0.2, 0) is 0 Å². The van der Waals surface area contributed by atoms with Gasteiger partial charge >= 0.3 is 0 Å². The second-order valence-electron chi connectivity index (χ2n) is 2.51. The average Bonchev–Trinajstić information content (AvgIpc) is 1.88. The molecule has 0 aliphatic rings. The lowest BCUT2D eigenvalue weighted by Gasteiger charge is -2.12. The minimum Gasteiger partial charge on any atom is -0.305 e. The van der Waals surface area contributed by atoms with Crippen molar-refractivity contribution in [3.05, 3.63) is 24.8 Å². The Morgan fingerprint density at radius 3 is 2.30 bits per heavy atom. The minimum atomic E-state index is 0.395. The van der Waals surface area contributed by atoms with Crippen molar-refractivity contribution in [2.24, 2.45) is 0 Å². The summed E-state index contributed by atoms with van der Waals surface area (Å²) in [5.41, 5.74) is 0. The summed E-state index contributed by atoms with van der Waals surface area (Å²) in [4.78, 5) is 0. The van der Waals surface area contributed by atoms with Crippen molar-refractivity contribution in [3.8, 4) is 0 Å². The first-order chi connectivity index (χ1) is 4.70. The van der Waals surface area contributed by atoms with Crippen LogP contribution in [0.3, 0.4) is 0 Å². The standard InChI is InChI=1S/C9H17N/c1-5-7-9(4)10-8(3)6-2/h5-10H,2H2,1,3-4H3/b7-5-/t8-,9?/m1/s1. The van der Waals surface area contributed by atoms with Gasteiger partial charge in [-0.05, 0) is 20.8 Å². The highest BCUT2D eigenvalue weighted by Gasteiger charge is 1.97. The summed E-state index contributed by atoms with van der Waals surface area (Å²) in [6, 6.07) is 0.837. The van der Waals surface area contributed by atoms with Gasteiger partial charge in [0.2, 0.25) is 0 Å². The first-order valence-electron chi connectivity index (χ1n) is 3.72. The molecule has 0 heterocycles. The molecule has 2 atom stereocenters. The minimum absolute atomic E-state index is 0.395. The molecule has 1 heteroatoms. The van der Waals surface area contributed by atoms with Crippen molar-refractivity contribution in [2.75, 3.05) is 0 Å². The summed E-state index contributed by atoms with van der Waals surface area (Å²) in [6.45, 7) is 9.93. The number of nitrogens with one attached hydrogen (secondary N) is 1. The molecule has 1 N–H and O–H groups in total. The molecule has 0 aromatic heterocycles. The summed E-state index contributed by atoms with van der Waals surface area (Å²) < 4.78 is 0. The lowest BCUT2D eigenvalue weighted by atomic mass is 10.2. The van der Waals surface area contributed by atoms with Crippen molar-refractivity contribution in [1.29, 1.82) is 0 Å². The number of rotatable bonds is 4. The van der Waals surface area contributed by atoms with Gasteiger partial charge in [0, 0.05) is 12.1 Å². The van der Waals surface area contributed by atoms with Crippen molar-refractivity contribution in [1.82, 2.24) is 5.32 Å². The van der Waals surface area contributed by atoms with Crippen LogP contribution in [0.5, 0.6) is 0 Å². The molecule has 0 saturated carbocycles. The average molecular weight is 139 g/mol. The van der Waals surface area contributed by atoms with E-state index in [0.29, 0.717) is 12.1 Å². The largest absolute Gasteiger partial charge is 0.305 e. The Kier molecular flexibility index (Phi) is 4.95. The maximum atomic E-state index is 3.69. The molecule has 0 radical (unpaired) electrons. The molecule has 0 aromatic carbocycles. The normalized spacial score (nSPS) is 17.1. The lowest BCUT2D eigenvalue weighted by molar-refractivity contribution is 0.586. The fourth-order valence-electron chi connectivity index (χ4n) is 0.827. The van der Waals surface area contributed by atoms with Crippen molar-refractivity contribution >= 4 is 0 Å². The number of hydrogen-bond donors (Lipinski definition) is 1. The fraction of sp³-hybridized carbons (Fsp3) is 0.556. The van der Waals surface area contributed by atoms with E-state index in [1.807, 2.05) is 19.1 Å². The van der Waals surface area contributed by atoms with E-state index in [0.717, 1.165) is 0 Å². The molecule has 0 aliphatic heterocycles. The summed E-state index contributed by atoms with van der Waals surface area (Å²) in [5, 5.41) is 3.33. The summed E-state index contributed by atoms with van der Waals surface area (Å²) in [6.07, 6.45) is 6.08. The van der Waals surface area contributed by atoms with Gasteiger partial charge in [0.1, 0.15) is 0 Å². The molecule has 0 fully saturated rings. The van der Waals surface area contributed by atoms with Crippen LogP contribution in [0.2, 0.25) is 0 Å². The third-order valence-electron chi connectivity index (χ3n) is 1.36. The SMILES string of the molecule is C=C[C@@H](C)NC(C)/C=C\C. The van der Waals surface area contributed by atoms with Gasteiger partial charge < -0.3 is 5.32 Å². The second-order valence-corrected chi connectivity index (χ2v) is 2.51. The molecule has 10 heavy (non-hydrogen) atoms. The molecule has 0 bridgehead atoms. The first-order valence-corrected chi connectivity index (χ1v) is 3.72. The zero-order chi connectivity index (χ0) is 7.98. The predicted molar refractivity (Wildman–Crippen MR) is 47.1 cm³/mol. The highest BCUT2D eigenvalue weighted by Crippen LogP contribution is 1.89. The van der Waals surface area contributed by atoms with E-state index in [9.17, 15) is 0 Å². The van der Waals surface area contributed by atoms with Gasteiger partial charge in [0.05, 0.1) is 0 Å². The lowest BCUT2D eigenvalue weighted by Crippen LogP contribution is -2.31. The molecule has 0 aromatic rings. The van der Waals surface area contributed by atoms with Gasteiger partial charge in [-0.1, -0.05) is 18.2 Å². The molecule has 1 nitrogen and oxygen atoms in total. The van der Waals surface area contributed by atoms with Gasteiger partial charge in [-0.25, -0.2) is 0 Å². The van der Waals surface area contributed by atoms with Crippen LogP contribution in [0.15, 0.2) is 24.8 Å². The van der Waals surface area contributed by atoms with E-state index in [2.05, 4.69) is 31.8 Å². The third-order valence-corrected chi connectivity index (χ3v) is 1.36. The van der Waals surface area contributed by atoms with Gasteiger partial charge in [-0.2, -0.15) is 0 Å². The Morgan fingerprint density at radius 2 is 1.90 bits per heavy atom. The van der Waals surface area contributed by atoms with Crippen LogP contribution in [0.4, 0.5) is 0 Å². The zero-order valence-electron chi connectivity index (χ0n) is 7.09. The quantitative estimate of drug-likeness (QED) is 0.588. The fourth-order valence-corrected chi connectivity index (χ4v) is 0.827. The van der Waals surface area contributed by atoms with E-state index in [4.69, 9.17) is 0 Å². The molecule has 0 aliphatic carbocycles. The van der Waals surface area contributed by atoms with E-state index >= 15 is 0 Å². The maximum absolute atomic E-state index is 3.69. The van der Waals surface area contributed by atoms with Crippen LogP contribution < -0.4 is 5.32 Å². The monoisotopic (exact) mass is 139 g/mol. The van der Waals surface area contributed by atoms with Crippen LogP contribution in [0.1, 0.15) is 20.8 Å². The summed E-state index contributed by atoms with van der Waals surface area (Å²) in [7, 11) is 0. The Hall–Kier alpha value is -0.560. The topological polar surface area (TPSA) is 12.0 Å². The van der Waals surface area contributed by atoms with Gasteiger partial charge in [-0.15, -0.1) is 6.58 Å². The summed E-state index contributed by atoms with van der Waals surface area (Å²) in [5.74, 6) is 0. The number of hydrogen-bond acceptors (Lipinski definition) is 1. The second kappa shape index (κ2) is 5.24. The highest BCUT2D eigenvalue weighted by atomic mass is 14.9. The number of allylic oxidation sites excluding steroid dienone is 1. The van der Waals surface area contributed by atoms with Crippen LogP contribution >= 0.6 is 0 Å². The van der Waals surface area contributed by atoms with Gasteiger partial charge in [-0.3, -0.25) is 0 Å². The Labute approximate surface area is 63.8 Å². The van der Waals surface area contributed by atoms with E-state index < -0.39 is 0 Å². The molecule has 0 rings (SSSR count). The first kappa shape index (κ1) is 9.44. The summed E-state index contributed by atoms with van der Waals surface area (Å²) >= 11 is 0.